The monoisotopic (exact) mass is 313 g/mol. The molecule has 4 nitrogen and oxygen atoms in total. The molecular weight excluding hydrogens is 290 g/mol. The van der Waals surface area contributed by atoms with Gasteiger partial charge >= 0.3 is 0 Å². The Hall–Kier alpha value is -0.970. The Morgan fingerprint density at radius 2 is 2.00 bits per heavy atom. The highest BCUT2D eigenvalue weighted by Gasteiger charge is 2.17. The molecule has 0 bridgehead atoms. The minimum absolute atomic E-state index is 0.337. The van der Waals surface area contributed by atoms with E-state index in [0.717, 1.165) is 37.4 Å². The molecule has 5 heteroatoms. The van der Waals surface area contributed by atoms with Gasteiger partial charge in [0, 0.05) is 31.3 Å². The van der Waals surface area contributed by atoms with Gasteiger partial charge in [-0.3, -0.25) is 4.90 Å². The molecule has 0 aromatic heterocycles. The minimum atomic E-state index is 0.337. The van der Waals surface area contributed by atoms with Gasteiger partial charge in [-0.15, -0.1) is 0 Å². The van der Waals surface area contributed by atoms with E-state index < -0.39 is 0 Å². The number of nitrogens with zero attached hydrogens (tertiary/aromatic N) is 1. The van der Waals surface area contributed by atoms with Crippen LogP contribution in [0.4, 0.5) is 0 Å². The molecule has 0 spiro atoms. The molecule has 0 amide bonds. The average Bonchev–Trinajstić information content (AvgIpc) is 2.48. The largest absolute Gasteiger partial charge is 0.496 e. The summed E-state index contributed by atoms with van der Waals surface area (Å²) in [5.41, 5.74) is 1.06. The molecule has 0 saturated carbocycles. The van der Waals surface area contributed by atoms with Crippen LogP contribution < -0.4 is 9.47 Å². The van der Waals surface area contributed by atoms with Gasteiger partial charge in [-0.2, -0.15) is 0 Å². The van der Waals surface area contributed by atoms with Crippen LogP contribution in [0.3, 0.4) is 0 Å². The molecule has 21 heavy (non-hydrogen) atoms. The first kappa shape index (κ1) is 16.4. The summed E-state index contributed by atoms with van der Waals surface area (Å²) < 4.78 is 16.4. The van der Waals surface area contributed by atoms with E-state index in [1.807, 2.05) is 12.1 Å². The molecule has 1 aliphatic heterocycles. The van der Waals surface area contributed by atoms with Gasteiger partial charge in [0.25, 0.3) is 0 Å². The van der Waals surface area contributed by atoms with Crippen molar-refractivity contribution in [1.29, 1.82) is 0 Å². The van der Waals surface area contributed by atoms with Crippen molar-refractivity contribution in [2.75, 3.05) is 34.4 Å². The van der Waals surface area contributed by atoms with E-state index in [1.165, 1.54) is 12.8 Å². The van der Waals surface area contributed by atoms with Crippen LogP contribution in [0, 0.1) is 0 Å². The van der Waals surface area contributed by atoms with Crippen LogP contribution in [0.1, 0.15) is 24.8 Å². The zero-order chi connectivity index (χ0) is 15.2. The number of halogens is 1. The number of methoxy groups -OCH3 is 2. The Labute approximate surface area is 131 Å². The average molecular weight is 314 g/mol. The smallest absolute Gasteiger partial charge is 0.141 e. The number of hydrogen-bond acceptors (Lipinski definition) is 4. The van der Waals surface area contributed by atoms with E-state index in [4.69, 9.17) is 25.8 Å². The lowest BCUT2D eigenvalue weighted by molar-refractivity contribution is -0.00267. The highest BCUT2D eigenvalue weighted by Crippen LogP contribution is 2.33. The predicted molar refractivity (Wildman–Crippen MR) is 84.5 cm³/mol. The Morgan fingerprint density at radius 1 is 1.24 bits per heavy atom. The summed E-state index contributed by atoms with van der Waals surface area (Å²) >= 11 is 6.21. The summed E-state index contributed by atoms with van der Waals surface area (Å²) in [6, 6.07) is 3.75. The number of rotatable bonds is 6. The van der Waals surface area contributed by atoms with E-state index in [-0.39, 0.29) is 0 Å². The fourth-order valence-electron chi connectivity index (χ4n) is 2.70. The first-order valence-electron chi connectivity index (χ1n) is 7.34. The molecular formula is C16H24ClNO3. The lowest BCUT2D eigenvalue weighted by atomic mass is 10.1. The van der Waals surface area contributed by atoms with E-state index >= 15 is 0 Å². The maximum absolute atomic E-state index is 6.21. The summed E-state index contributed by atoms with van der Waals surface area (Å²) in [5, 5.41) is 0.607. The fourth-order valence-corrected chi connectivity index (χ4v) is 2.96. The molecule has 0 unspecified atom stereocenters. The second kappa shape index (κ2) is 7.87. The van der Waals surface area contributed by atoms with Gasteiger partial charge in [0.15, 0.2) is 0 Å². The van der Waals surface area contributed by atoms with Crippen molar-refractivity contribution in [3.63, 3.8) is 0 Å². The van der Waals surface area contributed by atoms with Crippen molar-refractivity contribution in [2.24, 2.45) is 0 Å². The third-order valence-electron chi connectivity index (χ3n) is 3.78. The highest BCUT2D eigenvalue weighted by atomic mass is 35.5. The summed E-state index contributed by atoms with van der Waals surface area (Å²) in [4.78, 5) is 2.25. The molecule has 0 aliphatic carbocycles. The summed E-state index contributed by atoms with van der Waals surface area (Å²) in [7, 11) is 5.36. The normalized spacial score (nSPS) is 18.8. The van der Waals surface area contributed by atoms with Crippen molar-refractivity contribution in [3.05, 3.63) is 22.7 Å². The Morgan fingerprint density at radius 3 is 2.62 bits per heavy atom. The molecule has 1 aliphatic rings. The van der Waals surface area contributed by atoms with Crippen molar-refractivity contribution in [2.45, 2.75) is 31.9 Å². The van der Waals surface area contributed by atoms with E-state index in [0.29, 0.717) is 16.9 Å². The van der Waals surface area contributed by atoms with Crippen LogP contribution >= 0.6 is 11.6 Å². The van der Waals surface area contributed by atoms with Crippen LogP contribution in [-0.4, -0.2) is 45.4 Å². The second-order valence-corrected chi connectivity index (χ2v) is 5.89. The van der Waals surface area contributed by atoms with E-state index in [9.17, 15) is 0 Å². The molecule has 2 rings (SSSR count). The predicted octanol–water partition coefficient (Wildman–Crippen LogP) is 3.36. The Kier molecular flexibility index (Phi) is 6.15. The third-order valence-corrected chi connectivity index (χ3v) is 4.08. The third kappa shape index (κ3) is 4.50. The van der Waals surface area contributed by atoms with Crippen molar-refractivity contribution in [3.8, 4) is 11.5 Å². The maximum atomic E-state index is 6.21. The van der Waals surface area contributed by atoms with Gasteiger partial charge in [-0.1, -0.05) is 11.6 Å². The minimum Gasteiger partial charge on any atom is -0.496 e. The summed E-state index contributed by atoms with van der Waals surface area (Å²) in [6.07, 6.45) is 3.92. The lowest BCUT2D eigenvalue weighted by Gasteiger charge is -2.27. The molecule has 1 fully saturated rings. The van der Waals surface area contributed by atoms with Crippen LogP contribution in [0.5, 0.6) is 11.5 Å². The molecule has 1 aromatic carbocycles. The molecule has 1 saturated heterocycles. The van der Waals surface area contributed by atoms with Gasteiger partial charge in [0.05, 0.1) is 25.3 Å². The Balaban J connectivity index is 2.02. The van der Waals surface area contributed by atoms with Crippen LogP contribution in [0.25, 0.3) is 0 Å². The molecule has 118 valence electrons. The van der Waals surface area contributed by atoms with Crippen LogP contribution in [-0.2, 0) is 11.3 Å². The maximum Gasteiger partial charge on any atom is 0.141 e. The zero-order valence-electron chi connectivity index (χ0n) is 13.0. The number of ether oxygens (including phenoxy) is 3. The topological polar surface area (TPSA) is 30.9 Å². The first-order chi connectivity index (χ1) is 10.1. The summed E-state index contributed by atoms with van der Waals surface area (Å²) in [6.45, 7) is 2.58. The van der Waals surface area contributed by atoms with Gasteiger partial charge in [-0.05, 0) is 32.4 Å². The van der Waals surface area contributed by atoms with E-state index in [2.05, 4.69) is 11.9 Å². The van der Waals surface area contributed by atoms with Gasteiger partial charge in [0.1, 0.15) is 11.5 Å². The number of benzene rings is 1. The van der Waals surface area contributed by atoms with E-state index in [1.54, 1.807) is 14.2 Å². The lowest BCUT2D eigenvalue weighted by Crippen LogP contribution is -2.33. The Bertz CT molecular complexity index is 461. The zero-order valence-corrected chi connectivity index (χ0v) is 13.8. The number of hydrogen-bond donors (Lipinski definition) is 0. The quantitative estimate of drug-likeness (QED) is 0.806. The first-order valence-corrected chi connectivity index (χ1v) is 7.72. The fraction of sp³-hybridized carbons (Fsp3) is 0.625. The standard InChI is InChI=1S/C16H24ClNO3/c1-18(11-13-6-4-5-7-21-13)10-12-8-14(17)16(20-3)9-15(12)19-2/h8-9,13H,4-7,10-11H2,1-3H3/t13-/m1/s1. The summed E-state index contributed by atoms with van der Waals surface area (Å²) in [5.74, 6) is 1.43. The molecule has 1 atom stereocenters. The molecule has 1 heterocycles. The van der Waals surface area contributed by atoms with Gasteiger partial charge < -0.3 is 14.2 Å². The molecule has 0 N–H and O–H groups in total. The van der Waals surface area contributed by atoms with Crippen LogP contribution in [0.2, 0.25) is 5.02 Å². The second-order valence-electron chi connectivity index (χ2n) is 5.48. The van der Waals surface area contributed by atoms with Crippen molar-refractivity contribution in [1.82, 2.24) is 4.90 Å². The molecule has 1 aromatic rings. The SMILES string of the molecule is COc1cc(OC)c(CN(C)C[C@H]2CCCCO2)cc1Cl. The number of likely N-dealkylation sites (N-methyl/N-ethyl adjacent to an activating group) is 1. The molecule has 0 radical (unpaired) electrons. The van der Waals surface area contributed by atoms with Crippen molar-refractivity contribution >= 4 is 11.6 Å². The van der Waals surface area contributed by atoms with Crippen LogP contribution in [0.15, 0.2) is 12.1 Å². The van der Waals surface area contributed by atoms with Crippen molar-refractivity contribution < 1.29 is 14.2 Å². The van der Waals surface area contributed by atoms with Gasteiger partial charge in [0.2, 0.25) is 0 Å². The van der Waals surface area contributed by atoms with Gasteiger partial charge in [-0.25, -0.2) is 0 Å². The highest BCUT2D eigenvalue weighted by molar-refractivity contribution is 6.32.